The Morgan fingerprint density at radius 2 is 2.33 bits per heavy atom. The molecular formula is C13H14N2O3. The molecule has 0 radical (unpaired) electrons. The van der Waals surface area contributed by atoms with Crippen LogP contribution in [0.2, 0.25) is 0 Å². The summed E-state index contributed by atoms with van der Waals surface area (Å²) < 4.78 is 5.18. The Hall–Kier alpha value is -2.06. The first-order valence-electron chi connectivity index (χ1n) is 5.76. The smallest absolute Gasteiger partial charge is 0.227 e. The number of rotatable bonds is 2. The number of amides is 1. The Morgan fingerprint density at radius 3 is 3.06 bits per heavy atom. The van der Waals surface area contributed by atoms with Crippen molar-refractivity contribution in [3.05, 3.63) is 29.8 Å². The number of nitriles is 1. The van der Waals surface area contributed by atoms with E-state index >= 15 is 0 Å². The van der Waals surface area contributed by atoms with Crippen molar-refractivity contribution in [3.8, 4) is 11.8 Å². The van der Waals surface area contributed by atoms with Gasteiger partial charge in [0.05, 0.1) is 25.6 Å². The maximum Gasteiger partial charge on any atom is 0.227 e. The summed E-state index contributed by atoms with van der Waals surface area (Å²) in [6.07, 6.45) is -0.405. The van der Waals surface area contributed by atoms with Crippen LogP contribution in [-0.2, 0) is 16.0 Å². The van der Waals surface area contributed by atoms with Crippen LogP contribution < -0.4 is 0 Å². The van der Waals surface area contributed by atoms with Crippen molar-refractivity contribution in [1.82, 2.24) is 4.90 Å². The first kappa shape index (κ1) is 12.4. The number of carbonyl (C=O) groups is 1. The zero-order valence-electron chi connectivity index (χ0n) is 9.87. The van der Waals surface area contributed by atoms with Crippen LogP contribution in [-0.4, -0.2) is 41.7 Å². The lowest BCUT2D eigenvalue weighted by molar-refractivity contribution is -0.136. The van der Waals surface area contributed by atoms with Crippen LogP contribution >= 0.6 is 0 Å². The molecule has 2 rings (SSSR count). The summed E-state index contributed by atoms with van der Waals surface area (Å²) in [5.74, 6) is 0.0241. The van der Waals surface area contributed by atoms with Crippen molar-refractivity contribution < 1.29 is 14.6 Å². The van der Waals surface area contributed by atoms with E-state index in [0.29, 0.717) is 25.3 Å². The normalized spacial score (nSPS) is 19.3. The molecule has 18 heavy (non-hydrogen) atoms. The highest BCUT2D eigenvalue weighted by Crippen LogP contribution is 2.17. The average molecular weight is 246 g/mol. The fourth-order valence-corrected chi connectivity index (χ4v) is 1.89. The number of carbonyl (C=O) groups excluding carboxylic acids is 1. The lowest BCUT2D eigenvalue weighted by atomic mass is 10.1. The van der Waals surface area contributed by atoms with Crippen LogP contribution in [0.4, 0.5) is 0 Å². The van der Waals surface area contributed by atoms with Gasteiger partial charge in [-0.05, 0) is 6.07 Å². The van der Waals surface area contributed by atoms with E-state index in [4.69, 9.17) is 10.00 Å². The number of nitrogens with zero attached hydrogens (tertiary/aromatic N) is 2. The number of ether oxygens (including phenoxy) is 1. The van der Waals surface area contributed by atoms with Gasteiger partial charge in [-0.15, -0.1) is 0 Å². The largest absolute Gasteiger partial charge is 0.508 e. The fourth-order valence-electron chi connectivity index (χ4n) is 1.89. The molecule has 0 bridgehead atoms. The summed E-state index contributed by atoms with van der Waals surface area (Å²) in [6, 6.07) is 8.76. The molecule has 1 aliphatic heterocycles. The Morgan fingerprint density at radius 1 is 1.56 bits per heavy atom. The molecule has 0 saturated carbocycles. The molecule has 1 saturated heterocycles. The molecule has 1 atom stereocenters. The first-order chi connectivity index (χ1) is 8.70. The van der Waals surface area contributed by atoms with Gasteiger partial charge in [0.25, 0.3) is 0 Å². The number of para-hydroxylation sites is 1. The summed E-state index contributed by atoms with van der Waals surface area (Å²) in [7, 11) is 0. The van der Waals surface area contributed by atoms with Gasteiger partial charge >= 0.3 is 0 Å². The van der Waals surface area contributed by atoms with Gasteiger partial charge in [0.1, 0.15) is 5.75 Å². The predicted octanol–water partition coefficient (Wildman–Crippen LogP) is 0.686. The lowest BCUT2D eigenvalue weighted by Gasteiger charge is -2.29. The van der Waals surface area contributed by atoms with Crippen LogP contribution in [0, 0.1) is 11.3 Å². The average Bonchev–Trinajstić information content (AvgIpc) is 2.41. The van der Waals surface area contributed by atoms with E-state index < -0.39 is 6.10 Å². The number of benzene rings is 1. The first-order valence-corrected chi connectivity index (χ1v) is 5.76. The van der Waals surface area contributed by atoms with Crippen LogP contribution in [0.25, 0.3) is 0 Å². The van der Waals surface area contributed by atoms with Crippen molar-refractivity contribution in [2.24, 2.45) is 0 Å². The summed E-state index contributed by atoms with van der Waals surface area (Å²) in [4.78, 5) is 13.6. The van der Waals surface area contributed by atoms with Gasteiger partial charge in [-0.1, -0.05) is 18.2 Å². The second-order valence-electron chi connectivity index (χ2n) is 4.13. The molecule has 1 aromatic carbocycles. The molecule has 1 unspecified atom stereocenters. The Labute approximate surface area is 105 Å². The quantitative estimate of drug-likeness (QED) is 0.833. The number of phenols is 1. The maximum absolute atomic E-state index is 12.0. The Bertz CT molecular complexity index is 481. The minimum atomic E-state index is -0.549. The number of phenolic OH excluding ortho intramolecular Hbond substituents is 1. The van der Waals surface area contributed by atoms with E-state index in [1.807, 2.05) is 6.07 Å². The highest BCUT2D eigenvalue weighted by atomic mass is 16.5. The van der Waals surface area contributed by atoms with Crippen LogP contribution in [0.5, 0.6) is 5.75 Å². The minimum absolute atomic E-state index is 0.0972. The number of hydrogen-bond donors (Lipinski definition) is 1. The fraction of sp³-hybridized carbons (Fsp3) is 0.385. The zero-order chi connectivity index (χ0) is 13.0. The SMILES string of the molecule is N#CC1CN(C(=O)Cc2ccccc2O)CCO1. The molecule has 1 fully saturated rings. The topological polar surface area (TPSA) is 73.6 Å². The molecule has 1 amide bonds. The standard InChI is InChI=1S/C13H14N2O3/c14-8-11-9-15(5-6-18-11)13(17)7-10-3-1-2-4-12(10)16/h1-4,11,16H,5-7,9H2. The Kier molecular flexibility index (Phi) is 3.80. The summed E-state index contributed by atoms with van der Waals surface area (Å²) in [5.41, 5.74) is 0.600. The van der Waals surface area contributed by atoms with E-state index in [1.54, 1.807) is 29.2 Å². The molecule has 1 aromatic rings. The number of aromatic hydroxyl groups is 1. The number of hydrogen-bond acceptors (Lipinski definition) is 4. The molecule has 0 aliphatic carbocycles. The van der Waals surface area contributed by atoms with Gasteiger partial charge in [0, 0.05) is 12.1 Å². The summed E-state index contributed by atoms with van der Waals surface area (Å²) in [6.45, 7) is 1.16. The van der Waals surface area contributed by atoms with Crippen molar-refractivity contribution in [2.75, 3.05) is 19.7 Å². The van der Waals surface area contributed by atoms with Crippen LogP contribution in [0.15, 0.2) is 24.3 Å². The maximum atomic E-state index is 12.0. The molecule has 1 heterocycles. The van der Waals surface area contributed by atoms with E-state index in [-0.39, 0.29) is 18.1 Å². The third-order valence-electron chi connectivity index (χ3n) is 2.90. The molecule has 1 aliphatic rings. The van der Waals surface area contributed by atoms with Crippen LogP contribution in [0.1, 0.15) is 5.56 Å². The Balaban J connectivity index is 2.00. The van der Waals surface area contributed by atoms with Gasteiger partial charge in [0.2, 0.25) is 5.91 Å². The third kappa shape index (κ3) is 2.79. The third-order valence-corrected chi connectivity index (χ3v) is 2.90. The lowest BCUT2D eigenvalue weighted by Crippen LogP contribution is -2.45. The molecule has 0 spiro atoms. The van der Waals surface area contributed by atoms with Gasteiger partial charge < -0.3 is 14.7 Å². The van der Waals surface area contributed by atoms with Crippen molar-refractivity contribution in [2.45, 2.75) is 12.5 Å². The summed E-state index contributed by atoms with van der Waals surface area (Å²) in [5, 5.41) is 18.4. The van der Waals surface area contributed by atoms with Gasteiger partial charge in [0.15, 0.2) is 6.10 Å². The second kappa shape index (κ2) is 5.52. The molecule has 0 aromatic heterocycles. The van der Waals surface area contributed by atoms with Gasteiger partial charge in [-0.3, -0.25) is 4.79 Å². The highest BCUT2D eigenvalue weighted by Gasteiger charge is 2.24. The van der Waals surface area contributed by atoms with E-state index in [9.17, 15) is 9.90 Å². The summed E-state index contributed by atoms with van der Waals surface area (Å²) >= 11 is 0. The molecule has 5 heteroatoms. The minimum Gasteiger partial charge on any atom is -0.508 e. The van der Waals surface area contributed by atoms with Gasteiger partial charge in [-0.25, -0.2) is 0 Å². The molecule has 1 N–H and O–H groups in total. The van der Waals surface area contributed by atoms with Crippen molar-refractivity contribution >= 4 is 5.91 Å². The van der Waals surface area contributed by atoms with Gasteiger partial charge in [-0.2, -0.15) is 5.26 Å². The highest BCUT2D eigenvalue weighted by molar-refractivity contribution is 5.79. The number of morpholine rings is 1. The van der Waals surface area contributed by atoms with Crippen LogP contribution in [0.3, 0.4) is 0 Å². The predicted molar refractivity (Wildman–Crippen MR) is 63.7 cm³/mol. The molecular weight excluding hydrogens is 232 g/mol. The van der Waals surface area contributed by atoms with E-state index in [1.165, 1.54) is 0 Å². The molecule has 94 valence electrons. The monoisotopic (exact) mass is 246 g/mol. The molecule has 5 nitrogen and oxygen atoms in total. The zero-order valence-corrected chi connectivity index (χ0v) is 9.87. The van der Waals surface area contributed by atoms with E-state index in [0.717, 1.165) is 0 Å². The van der Waals surface area contributed by atoms with E-state index in [2.05, 4.69) is 0 Å². The second-order valence-corrected chi connectivity index (χ2v) is 4.13. The van der Waals surface area contributed by atoms with Crippen molar-refractivity contribution in [1.29, 1.82) is 5.26 Å². The van der Waals surface area contributed by atoms with Crippen molar-refractivity contribution in [3.63, 3.8) is 0 Å².